The van der Waals surface area contributed by atoms with Gasteiger partial charge in [-0.25, -0.2) is 0 Å². The number of nitriles is 1. The van der Waals surface area contributed by atoms with Crippen molar-refractivity contribution in [1.82, 2.24) is 0 Å². The molecule has 0 saturated heterocycles. The molecule has 0 amide bonds. The summed E-state index contributed by atoms with van der Waals surface area (Å²) < 4.78 is 41.4. The molecule has 31 heavy (non-hydrogen) atoms. The summed E-state index contributed by atoms with van der Waals surface area (Å²) in [7, 11) is -2.37. The van der Waals surface area contributed by atoms with E-state index in [0.717, 1.165) is 36.6 Å². The van der Waals surface area contributed by atoms with Crippen molar-refractivity contribution in [2.45, 2.75) is 13.0 Å². The Labute approximate surface area is 188 Å². The van der Waals surface area contributed by atoms with Gasteiger partial charge in [-0.05, 0) is 35.2 Å². The first-order chi connectivity index (χ1) is 14.9. The Kier molecular flexibility index (Phi) is 6.07. The predicted octanol–water partition coefficient (Wildman–Crippen LogP) is 4.73. The highest BCUT2D eigenvalue weighted by Crippen LogP contribution is 2.38. The summed E-state index contributed by atoms with van der Waals surface area (Å²) >= 11 is 3.21. The minimum Gasteiger partial charge on any atom is -0.496 e. The van der Waals surface area contributed by atoms with Crippen LogP contribution in [0.2, 0.25) is 0 Å². The summed E-state index contributed by atoms with van der Waals surface area (Å²) in [5.74, 6) is 0.512. The number of methoxy groups -OCH3 is 1. The maximum absolute atomic E-state index is 11.2. The molecule has 0 atom stereocenters. The Balaban J connectivity index is 1.81. The summed E-state index contributed by atoms with van der Waals surface area (Å²) in [6.45, 7) is 0.451. The van der Waals surface area contributed by atoms with Crippen molar-refractivity contribution in [2.75, 3.05) is 12.9 Å². The highest BCUT2D eigenvalue weighted by molar-refractivity contribution is 7.85. The van der Waals surface area contributed by atoms with Gasteiger partial charge >= 0.3 is 0 Å². The highest BCUT2D eigenvalue weighted by Gasteiger charge is 2.24. The molecule has 2 aromatic heterocycles. The second-order valence-electron chi connectivity index (χ2n) is 6.89. The molecule has 0 bridgehead atoms. The fraction of sp³-hybridized carbons (Fsp3) is 0.182. The van der Waals surface area contributed by atoms with Crippen LogP contribution in [0.15, 0.2) is 41.8 Å². The van der Waals surface area contributed by atoms with E-state index in [9.17, 15) is 8.42 Å². The van der Waals surface area contributed by atoms with Crippen molar-refractivity contribution in [3.63, 3.8) is 0 Å². The molecule has 0 aliphatic rings. The molecular formula is C22H19N2O4S3+. The number of thiophene rings is 1. The number of hydrogen-bond acceptors (Lipinski definition) is 6. The lowest BCUT2D eigenvalue weighted by Crippen LogP contribution is -2.36. The van der Waals surface area contributed by atoms with Crippen molar-refractivity contribution in [3.8, 4) is 11.8 Å². The van der Waals surface area contributed by atoms with Crippen LogP contribution in [0.1, 0.15) is 22.6 Å². The Morgan fingerprint density at radius 3 is 2.68 bits per heavy atom. The van der Waals surface area contributed by atoms with Crippen molar-refractivity contribution in [1.29, 1.82) is 5.26 Å². The van der Waals surface area contributed by atoms with Crippen LogP contribution in [0, 0.1) is 11.3 Å². The molecule has 1 N–H and O–H groups in total. The Bertz CT molecular complexity index is 1430. The third-order valence-corrected chi connectivity index (χ3v) is 7.68. The number of hydrogen-bond donors (Lipinski definition) is 1. The Morgan fingerprint density at radius 2 is 2.00 bits per heavy atom. The van der Waals surface area contributed by atoms with Crippen LogP contribution in [0.25, 0.3) is 32.5 Å². The summed E-state index contributed by atoms with van der Waals surface area (Å²) in [5.41, 5.74) is 2.59. The van der Waals surface area contributed by atoms with E-state index in [1.807, 2.05) is 41.8 Å². The number of aryl methyl sites for hydroxylation is 1. The number of rotatable bonds is 7. The van der Waals surface area contributed by atoms with Gasteiger partial charge in [-0.1, -0.05) is 23.5 Å². The molecule has 6 nitrogen and oxygen atoms in total. The Morgan fingerprint density at radius 1 is 1.23 bits per heavy atom. The lowest BCUT2D eigenvalue weighted by Gasteiger charge is -2.02. The van der Waals surface area contributed by atoms with E-state index in [1.54, 1.807) is 41.9 Å². The first-order valence-corrected chi connectivity index (χ1v) is 12.7. The average Bonchev–Trinajstić information content (AvgIpc) is 3.36. The number of ether oxygens (including phenoxy) is 1. The summed E-state index contributed by atoms with van der Waals surface area (Å²) in [6, 6.07) is 13.4. The van der Waals surface area contributed by atoms with Crippen LogP contribution in [-0.4, -0.2) is 25.8 Å². The topological polar surface area (TPSA) is 91.3 Å². The van der Waals surface area contributed by atoms with E-state index < -0.39 is 10.1 Å². The summed E-state index contributed by atoms with van der Waals surface area (Å²) in [6.07, 6.45) is 4.26. The first kappa shape index (κ1) is 21.5. The maximum Gasteiger partial charge on any atom is 0.265 e. The highest BCUT2D eigenvalue weighted by atomic mass is 32.2. The zero-order valence-electron chi connectivity index (χ0n) is 16.6. The van der Waals surface area contributed by atoms with Crippen LogP contribution >= 0.6 is 22.7 Å². The fourth-order valence-corrected chi connectivity index (χ4v) is 6.09. The second-order valence-corrected chi connectivity index (χ2v) is 10.4. The molecular weight excluding hydrogens is 452 g/mol. The molecule has 4 aromatic rings. The van der Waals surface area contributed by atoms with Crippen molar-refractivity contribution >= 4 is 65.2 Å². The van der Waals surface area contributed by atoms with E-state index in [-0.39, 0.29) is 5.75 Å². The standard InChI is InChI=1S/C22H18N2O4S3/c1-28-18-13-19-21(22-17(18)9-11-29-22)24(10-2-12-31(25,26)27)20(30-19)8-7-15-3-5-16(14-23)6-4-15/h3-9,11,13H,2,10,12H2,1H3/p+1. The molecule has 0 spiro atoms. The fourth-order valence-electron chi connectivity index (χ4n) is 3.43. The molecule has 0 fully saturated rings. The zero-order chi connectivity index (χ0) is 22.0. The normalized spacial score (nSPS) is 12.0. The van der Waals surface area contributed by atoms with E-state index in [2.05, 4.69) is 10.6 Å². The van der Waals surface area contributed by atoms with Gasteiger partial charge in [-0.3, -0.25) is 4.55 Å². The molecule has 0 aliphatic carbocycles. The summed E-state index contributed by atoms with van der Waals surface area (Å²) in [4.78, 5) is 0. The van der Waals surface area contributed by atoms with Gasteiger partial charge in [0, 0.05) is 23.9 Å². The van der Waals surface area contributed by atoms with Gasteiger partial charge < -0.3 is 4.74 Å². The monoisotopic (exact) mass is 471 g/mol. The molecule has 2 heterocycles. The third kappa shape index (κ3) is 4.62. The van der Waals surface area contributed by atoms with Gasteiger partial charge in [0.2, 0.25) is 5.52 Å². The number of benzene rings is 2. The number of thiazole rings is 1. The van der Waals surface area contributed by atoms with E-state index in [0.29, 0.717) is 18.5 Å². The smallest absolute Gasteiger partial charge is 0.265 e. The van der Waals surface area contributed by atoms with Gasteiger partial charge in [0.05, 0.1) is 24.5 Å². The maximum atomic E-state index is 11.2. The molecule has 0 radical (unpaired) electrons. The minimum atomic E-state index is -4.02. The molecule has 158 valence electrons. The van der Waals surface area contributed by atoms with Crippen LogP contribution in [0.5, 0.6) is 5.75 Å². The van der Waals surface area contributed by atoms with Gasteiger partial charge in [-0.15, -0.1) is 11.3 Å². The van der Waals surface area contributed by atoms with Gasteiger partial charge in [-0.2, -0.15) is 18.2 Å². The largest absolute Gasteiger partial charge is 0.496 e. The van der Waals surface area contributed by atoms with Crippen LogP contribution < -0.4 is 9.30 Å². The predicted molar refractivity (Wildman–Crippen MR) is 125 cm³/mol. The van der Waals surface area contributed by atoms with Crippen molar-refractivity contribution < 1.29 is 22.3 Å². The molecule has 4 rings (SSSR count). The molecule has 0 aliphatic heterocycles. The van der Waals surface area contributed by atoms with E-state index in [4.69, 9.17) is 14.6 Å². The second kappa shape index (κ2) is 8.77. The summed E-state index contributed by atoms with van der Waals surface area (Å²) in [5, 5.41) is 13.0. The first-order valence-electron chi connectivity index (χ1n) is 9.43. The lowest BCUT2D eigenvalue weighted by atomic mass is 10.1. The molecule has 2 aromatic carbocycles. The third-order valence-electron chi connectivity index (χ3n) is 4.85. The Hall–Kier alpha value is -2.77. The van der Waals surface area contributed by atoms with Crippen molar-refractivity contribution in [2.24, 2.45) is 0 Å². The SMILES string of the molecule is COc1cc2sc(C=Cc3ccc(C#N)cc3)[n+](CCCS(=O)(=O)O)c2c2sccc12. The van der Waals surface area contributed by atoms with Crippen LogP contribution in [-0.2, 0) is 16.7 Å². The van der Waals surface area contributed by atoms with E-state index in [1.165, 1.54) is 0 Å². The zero-order valence-corrected chi connectivity index (χ0v) is 19.1. The number of aromatic nitrogens is 1. The van der Waals surface area contributed by atoms with Crippen LogP contribution in [0.4, 0.5) is 0 Å². The van der Waals surface area contributed by atoms with Gasteiger partial charge in [0.1, 0.15) is 15.1 Å². The molecule has 0 unspecified atom stereocenters. The van der Waals surface area contributed by atoms with E-state index >= 15 is 0 Å². The van der Waals surface area contributed by atoms with Gasteiger partial charge in [0.25, 0.3) is 15.1 Å². The number of fused-ring (bicyclic) bond motifs is 3. The average molecular weight is 472 g/mol. The quantitative estimate of drug-likeness (QED) is 0.311. The molecule has 0 saturated carbocycles. The lowest BCUT2D eigenvalue weighted by molar-refractivity contribution is -0.667. The number of nitrogens with zero attached hydrogens (tertiary/aromatic N) is 2. The van der Waals surface area contributed by atoms with Gasteiger partial charge in [0.15, 0.2) is 6.54 Å². The van der Waals surface area contributed by atoms with Crippen LogP contribution in [0.3, 0.4) is 0 Å². The van der Waals surface area contributed by atoms with Crippen molar-refractivity contribution in [3.05, 3.63) is 57.9 Å². The molecule has 9 heteroatoms. The minimum absolute atomic E-state index is 0.292.